The van der Waals surface area contributed by atoms with Crippen molar-refractivity contribution in [2.75, 3.05) is 7.11 Å². The third kappa shape index (κ3) is 3.43. The molecule has 1 fully saturated rings. The Morgan fingerprint density at radius 1 is 1.42 bits per heavy atom. The second-order valence-electron chi connectivity index (χ2n) is 4.51. The summed E-state index contributed by atoms with van der Waals surface area (Å²) in [5.41, 5.74) is 5.59. The first-order valence-electron chi connectivity index (χ1n) is 5.90. The second kappa shape index (κ2) is 5.44. The Morgan fingerprint density at radius 2 is 2.00 bits per heavy atom. The van der Waals surface area contributed by atoms with Crippen molar-refractivity contribution in [2.45, 2.75) is 23.8 Å². The Labute approximate surface area is 118 Å². The molecule has 7 heteroatoms. The van der Waals surface area contributed by atoms with Crippen LogP contribution in [0.25, 0.3) is 0 Å². The SMILES string of the molecule is COc1ccc(S(=O)(=O)NC(C(N)=S)C2CC2)cc1. The Hall–Kier alpha value is -1.18. The number of ether oxygens (including phenoxy) is 1. The molecule has 0 amide bonds. The smallest absolute Gasteiger partial charge is 0.241 e. The monoisotopic (exact) mass is 300 g/mol. The number of benzene rings is 1. The van der Waals surface area contributed by atoms with Gasteiger partial charge in [-0.3, -0.25) is 0 Å². The first-order chi connectivity index (χ1) is 8.94. The number of hydrogen-bond donors (Lipinski definition) is 2. The highest BCUT2D eigenvalue weighted by atomic mass is 32.2. The van der Waals surface area contributed by atoms with Crippen LogP contribution < -0.4 is 15.2 Å². The normalized spacial score (nSPS) is 16.9. The van der Waals surface area contributed by atoms with Gasteiger partial charge >= 0.3 is 0 Å². The molecule has 0 radical (unpaired) electrons. The van der Waals surface area contributed by atoms with Gasteiger partial charge in [0.05, 0.1) is 23.0 Å². The second-order valence-corrected chi connectivity index (χ2v) is 6.70. The number of methoxy groups -OCH3 is 1. The van der Waals surface area contributed by atoms with Crippen LogP contribution >= 0.6 is 12.2 Å². The number of nitrogens with two attached hydrogens (primary N) is 1. The molecule has 19 heavy (non-hydrogen) atoms. The van der Waals surface area contributed by atoms with Crippen LogP contribution in [0.1, 0.15) is 12.8 Å². The Balaban J connectivity index is 2.18. The maximum Gasteiger partial charge on any atom is 0.241 e. The maximum atomic E-state index is 12.2. The molecule has 1 aromatic rings. The van der Waals surface area contributed by atoms with E-state index in [1.54, 1.807) is 12.1 Å². The highest BCUT2D eigenvalue weighted by Crippen LogP contribution is 2.33. The topological polar surface area (TPSA) is 81.4 Å². The zero-order chi connectivity index (χ0) is 14.0. The third-order valence-corrected chi connectivity index (χ3v) is 4.76. The van der Waals surface area contributed by atoms with Crippen molar-refractivity contribution in [1.82, 2.24) is 4.72 Å². The predicted octanol–water partition coefficient (Wildman–Crippen LogP) is 1.04. The van der Waals surface area contributed by atoms with Crippen LogP contribution in [0.5, 0.6) is 5.75 Å². The summed E-state index contributed by atoms with van der Waals surface area (Å²) >= 11 is 4.92. The van der Waals surface area contributed by atoms with E-state index in [0.29, 0.717) is 5.75 Å². The molecule has 1 aliphatic carbocycles. The van der Waals surface area contributed by atoms with E-state index in [9.17, 15) is 8.42 Å². The van der Waals surface area contributed by atoms with Crippen molar-refractivity contribution in [3.63, 3.8) is 0 Å². The van der Waals surface area contributed by atoms with Crippen molar-refractivity contribution in [3.8, 4) is 5.75 Å². The fourth-order valence-electron chi connectivity index (χ4n) is 1.81. The zero-order valence-electron chi connectivity index (χ0n) is 10.5. The predicted molar refractivity (Wildman–Crippen MR) is 76.6 cm³/mol. The van der Waals surface area contributed by atoms with E-state index in [4.69, 9.17) is 22.7 Å². The summed E-state index contributed by atoms with van der Waals surface area (Å²) in [6.45, 7) is 0. The van der Waals surface area contributed by atoms with Gasteiger partial charge < -0.3 is 10.5 Å². The standard InChI is InChI=1S/C12H16N2O3S2/c1-17-9-4-6-10(7-5-9)19(15,16)14-11(12(13)18)8-2-3-8/h4-8,11,14H,2-3H2,1H3,(H2,13,18). The Bertz CT molecular complexity index is 565. The summed E-state index contributed by atoms with van der Waals surface area (Å²) in [6, 6.07) is 5.72. The highest BCUT2D eigenvalue weighted by Gasteiger charge is 2.36. The van der Waals surface area contributed by atoms with Gasteiger partial charge in [-0.1, -0.05) is 12.2 Å². The van der Waals surface area contributed by atoms with Crippen molar-refractivity contribution in [3.05, 3.63) is 24.3 Å². The number of sulfonamides is 1. The summed E-state index contributed by atoms with van der Waals surface area (Å²) in [4.78, 5) is 0.370. The van der Waals surface area contributed by atoms with Gasteiger partial charge in [-0.15, -0.1) is 0 Å². The molecule has 1 aliphatic rings. The number of nitrogens with one attached hydrogen (secondary N) is 1. The molecule has 5 nitrogen and oxygen atoms in total. The van der Waals surface area contributed by atoms with E-state index >= 15 is 0 Å². The largest absolute Gasteiger partial charge is 0.497 e. The minimum absolute atomic E-state index is 0.176. The highest BCUT2D eigenvalue weighted by molar-refractivity contribution is 7.89. The quantitative estimate of drug-likeness (QED) is 0.767. The van der Waals surface area contributed by atoms with Crippen LogP contribution in [0, 0.1) is 5.92 Å². The molecule has 2 rings (SSSR count). The molecule has 0 aromatic heterocycles. The lowest BCUT2D eigenvalue weighted by Crippen LogP contribution is -2.44. The lowest BCUT2D eigenvalue weighted by molar-refractivity contribution is 0.414. The van der Waals surface area contributed by atoms with Crippen molar-refractivity contribution in [2.24, 2.45) is 11.7 Å². The van der Waals surface area contributed by atoms with Gasteiger partial charge in [-0.05, 0) is 43.0 Å². The Morgan fingerprint density at radius 3 is 2.42 bits per heavy atom. The summed E-state index contributed by atoms with van der Waals surface area (Å²) in [5, 5.41) is 0. The third-order valence-electron chi connectivity index (χ3n) is 3.05. The molecular weight excluding hydrogens is 284 g/mol. The van der Waals surface area contributed by atoms with Gasteiger partial charge in [0.2, 0.25) is 10.0 Å². The molecule has 0 saturated heterocycles. The van der Waals surface area contributed by atoms with Gasteiger partial charge in [-0.25, -0.2) is 13.1 Å². The molecule has 1 aromatic carbocycles. The first-order valence-corrected chi connectivity index (χ1v) is 7.79. The first kappa shape index (κ1) is 14.2. The van der Waals surface area contributed by atoms with Crippen molar-refractivity contribution < 1.29 is 13.2 Å². The molecule has 0 heterocycles. The van der Waals surface area contributed by atoms with E-state index in [2.05, 4.69) is 4.72 Å². The van der Waals surface area contributed by atoms with E-state index in [-0.39, 0.29) is 15.8 Å². The molecule has 1 saturated carbocycles. The molecule has 0 bridgehead atoms. The van der Waals surface area contributed by atoms with Gasteiger partial charge in [-0.2, -0.15) is 0 Å². The number of hydrogen-bond acceptors (Lipinski definition) is 4. The molecule has 3 N–H and O–H groups in total. The van der Waals surface area contributed by atoms with E-state index < -0.39 is 16.1 Å². The van der Waals surface area contributed by atoms with Crippen molar-refractivity contribution in [1.29, 1.82) is 0 Å². The lowest BCUT2D eigenvalue weighted by Gasteiger charge is -2.16. The average molecular weight is 300 g/mol. The zero-order valence-corrected chi connectivity index (χ0v) is 12.1. The molecule has 0 aliphatic heterocycles. The van der Waals surface area contributed by atoms with Crippen LogP contribution in [0.15, 0.2) is 29.2 Å². The average Bonchev–Trinajstić information content (AvgIpc) is 3.20. The molecule has 0 spiro atoms. The number of rotatable bonds is 6. The van der Waals surface area contributed by atoms with Gasteiger partial charge in [0.1, 0.15) is 5.75 Å². The Kier molecular flexibility index (Phi) is 4.07. The van der Waals surface area contributed by atoms with E-state index in [1.165, 1.54) is 19.2 Å². The fourth-order valence-corrected chi connectivity index (χ4v) is 3.42. The maximum absolute atomic E-state index is 12.2. The van der Waals surface area contributed by atoms with E-state index in [1.807, 2.05) is 0 Å². The molecule has 1 atom stereocenters. The van der Waals surface area contributed by atoms with Crippen LogP contribution in [0.3, 0.4) is 0 Å². The lowest BCUT2D eigenvalue weighted by atomic mass is 10.2. The summed E-state index contributed by atoms with van der Waals surface area (Å²) < 4.78 is 32.0. The number of thiocarbonyl (C=S) groups is 1. The summed E-state index contributed by atoms with van der Waals surface area (Å²) in [7, 11) is -2.08. The summed E-state index contributed by atoms with van der Waals surface area (Å²) in [6.07, 6.45) is 1.90. The van der Waals surface area contributed by atoms with Gasteiger partial charge in [0.15, 0.2) is 0 Å². The van der Waals surface area contributed by atoms with Gasteiger partial charge in [0, 0.05) is 0 Å². The van der Waals surface area contributed by atoms with Gasteiger partial charge in [0.25, 0.3) is 0 Å². The van der Waals surface area contributed by atoms with Crippen LogP contribution in [-0.4, -0.2) is 26.6 Å². The van der Waals surface area contributed by atoms with E-state index in [0.717, 1.165) is 12.8 Å². The minimum atomic E-state index is -3.61. The van der Waals surface area contributed by atoms with Crippen molar-refractivity contribution >= 4 is 27.2 Å². The van der Waals surface area contributed by atoms with Crippen LogP contribution in [-0.2, 0) is 10.0 Å². The fraction of sp³-hybridized carbons (Fsp3) is 0.417. The minimum Gasteiger partial charge on any atom is -0.497 e. The van der Waals surface area contributed by atoms with Crippen LogP contribution in [0.4, 0.5) is 0 Å². The molecule has 1 unspecified atom stereocenters. The molecule has 104 valence electrons. The van der Waals surface area contributed by atoms with Crippen LogP contribution in [0.2, 0.25) is 0 Å². The summed E-state index contributed by atoms with van der Waals surface area (Å²) in [5.74, 6) is 0.831. The molecular formula is C12H16N2O3S2.